The highest BCUT2D eigenvalue weighted by atomic mass is 35.5. The molecule has 0 spiro atoms. The largest absolute Gasteiger partial charge is 0.343 e. The van der Waals surface area contributed by atoms with Gasteiger partial charge in [-0.1, -0.05) is 43.7 Å². The van der Waals surface area contributed by atoms with E-state index in [-0.39, 0.29) is 18.5 Å². The summed E-state index contributed by atoms with van der Waals surface area (Å²) in [6.45, 7) is 3.93. The Kier molecular flexibility index (Phi) is 5.44. The average Bonchev–Trinajstić information content (AvgIpc) is 2.95. The first-order valence-electron chi connectivity index (χ1n) is 7.45. The molecule has 3 nitrogen and oxygen atoms in total. The molecule has 112 valence electrons. The molecule has 0 bridgehead atoms. The summed E-state index contributed by atoms with van der Waals surface area (Å²) in [5.41, 5.74) is 1.14. The number of hydrogen-bond acceptors (Lipinski definition) is 3. The first-order valence-corrected chi connectivity index (χ1v) is 7.45. The Labute approximate surface area is 127 Å². The molecule has 0 amide bonds. The molecule has 1 aromatic rings. The molecule has 0 radical (unpaired) electrons. The van der Waals surface area contributed by atoms with Crippen molar-refractivity contribution in [3.05, 3.63) is 35.9 Å². The van der Waals surface area contributed by atoms with Crippen LogP contribution in [0.1, 0.15) is 38.2 Å². The van der Waals surface area contributed by atoms with Crippen molar-refractivity contribution in [2.45, 2.75) is 50.5 Å². The number of ether oxygens (including phenoxy) is 2. The van der Waals surface area contributed by atoms with Gasteiger partial charge >= 0.3 is 0 Å². The van der Waals surface area contributed by atoms with Gasteiger partial charge in [0.25, 0.3) is 0 Å². The highest BCUT2D eigenvalue weighted by Gasteiger charge is 2.44. The van der Waals surface area contributed by atoms with Crippen LogP contribution in [0.2, 0.25) is 0 Å². The summed E-state index contributed by atoms with van der Waals surface area (Å²) >= 11 is 0. The molecule has 0 saturated carbocycles. The Morgan fingerprint density at radius 3 is 2.70 bits per heavy atom. The summed E-state index contributed by atoms with van der Waals surface area (Å²) in [6, 6.07) is 10.8. The highest BCUT2D eigenvalue weighted by Crippen LogP contribution is 2.38. The quantitative estimate of drug-likeness (QED) is 0.929. The molecule has 2 aliphatic heterocycles. The van der Waals surface area contributed by atoms with Crippen LogP contribution in [-0.2, 0) is 15.3 Å². The fourth-order valence-electron chi connectivity index (χ4n) is 3.16. The third-order valence-electron chi connectivity index (χ3n) is 4.30. The monoisotopic (exact) mass is 297 g/mol. The standard InChI is InChI=1S/C16H23NO2.ClH/c1-2-16(13-8-4-3-5-9-13)18-12-15(19-16)14-10-6-7-11-17-14;/h3-5,8-9,14-15,17H,2,6-7,10-12H2,1H3;1H/t14-,15+,16-;/m0./s1. The molecule has 20 heavy (non-hydrogen) atoms. The fraction of sp³-hybridized carbons (Fsp3) is 0.625. The van der Waals surface area contributed by atoms with E-state index in [1.54, 1.807) is 0 Å². The van der Waals surface area contributed by atoms with Gasteiger partial charge in [-0.25, -0.2) is 0 Å². The zero-order valence-electron chi connectivity index (χ0n) is 12.0. The van der Waals surface area contributed by atoms with Crippen LogP contribution in [0.15, 0.2) is 30.3 Å². The Balaban J connectivity index is 0.00000147. The molecule has 2 fully saturated rings. The Hall–Kier alpha value is -0.610. The maximum atomic E-state index is 6.34. The number of nitrogens with one attached hydrogen (secondary N) is 1. The summed E-state index contributed by atoms with van der Waals surface area (Å²) in [6.07, 6.45) is 4.80. The van der Waals surface area contributed by atoms with Crippen molar-refractivity contribution in [2.24, 2.45) is 0 Å². The third kappa shape index (κ3) is 3.01. The lowest BCUT2D eigenvalue weighted by Crippen LogP contribution is -2.45. The first-order chi connectivity index (χ1) is 9.34. The minimum atomic E-state index is -0.537. The normalized spacial score (nSPS) is 33.6. The van der Waals surface area contributed by atoms with Gasteiger partial charge in [-0.15, -0.1) is 12.4 Å². The van der Waals surface area contributed by atoms with Gasteiger partial charge in [0.1, 0.15) is 6.10 Å². The van der Waals surface area contributed by atoms with E-state index in [0.29, 0.717) is 12.6 Å². The van der Waals surface area contributed by atoms with E-state index < -0.39 is 5.79 Å². The molecule has 0 aromatic heterocycles. The highest BCUT2D eigenvalue weighted by molar-refractivity contribution is 5.85. The Bertz CT molecular complexity index is 408. The number of halogens is 1. The predicted molar refractivity (Wildman–Crippen MR) is 82.1 cm³/mol. The van der Waals surface area contributed by atoms with E-state index in [2.05, 4.69) is 24.4 Å². The second-order valence-electron chi connectivity index (χ2n) is 5.50. The minimum Gasteiger partial charge on any atom is -0.343 e. The molecular weight excluding hydrogens is 274 g/mol. The van der Waals surface area contributed by atoms with Crippen LogP contribution in [0.25, 0.3) is 0 Å². The summed E-state index contributed by atoms with van der Waals surface area (Å²) in [5.74, 6) is -0.537. The van der Waals surface area contributed by atoms with Crippen molar-refractivity contribution in [1.82, 2.24) is 5.32 Å². The first kappa shape index (κ1) is 15.8. The molecule has 2 saturated heterocycles. The molecule has 1 N–H and O–H groups in total. The van der Waals surface area contributed by atoms with Gasteiger partial charge in [-0.05, 0) is 19.4 Å². The van der Waals surface area contributed by atoms with Gasteiger partial charge < -0.3 is 14.8 Å². The van der Waals surface area contributed by atoms with Crippen molar-refractivity contribution in [2.75, 3.05) is 13.2 Å². The van der Waals surface area contributed by atoms with Gasteiger partial charge in [-0.3, -0.25) is 0 Å². The van der Waals surface area contributed by atoms with Crippen LogP contribution < -0.4 is 5.32 Å². The minimum absolute atomic E-state index is 0. The maximum absolute atomic E-state index is 6.34. The second kappa shape index (κ2) is 6.90. The van der Waals surface area contributed by atoms with Crippen molar-refractivity contribution in [3.8, 4) is 0 Å². The van der Waals surface area contributed by atoms with Gasteiger partial charge in [-0.2, -0.15) is 0 Å². The van der Waals surface area contributed by atoms with Crippen LogP contribution in [-0.4, -0.2) is 25.3 Å². The molecule has 0 aliphatic carbocycles. The summed E-state index contributed by atoms with van der Waals surface area (Å²) in [5, 5.41) is 3.57. The molecule has 0 unspecified atom stereocenters. The second-order valence-corrected chi connectivity index (χ2v) is 5.50. The Morgan fingerprint density at radius 1 is 1.25 bits per heavy atom. The molecule has 2 aliphatic rings. The van der Waals surface area contributed by atoms with Crippen molar-refractivity contribution in [3.63, 3.8) is 0 Å². The number of rotatable bonds is 3. The number of benzene rings is 1. The van der Waals surface area contributed by atoms with Crippen LogP contribution in [0.4, 0.5) is 0 Å². The third-order valence-corrected chi connectivity index (χ3v) is 4.30. The van der Waals surface area contributed by atoms with E-state index in [4.69, 9.17) is 9.47 Å². The zero-order valence-corrected chi connectivity index (χ0v) is 12.8. The average molecular weight is 298 g/mol. The van der Waals surface area contributed by atoms with Crippen molar-refractivity contribution in [1.29, 1.82) is 0 Å². The fourth-order valence-corrected chi connectivity index (χ4v) is 3.16. The molecule has 3 atom stereocenters. The van der Waals surface area contributed by atoms with Crippen LogP contribution in [0.3, 0.4) is 0 Å². The number of hydrogen-bond donors (Lipinski definition) is 1. The maximum Gasteiger partial charge on any atom is 0.195 e. The van der Waals surface area contributed by atoms with Crippen molar-refractivity contribution < 1.29 is 9.47 Å². The topological polar surface area (TPSA) is 30.5 Å². The van der Waals surface area contributed by atoms with E-state index in [0.717, 1.165) is 18.5 Å². The summed E-state index contributed by atoms with van der Waals surface area (Å²) in [4.78, 5) is 0. The van der Waals surface area contributed by atoms with Gasteiger partial charge in [0.05, 0.1) is 6.61 Å². The lowest BCUT2D eigenvalue weighted by Gasteiger charge is -2.31. The number of piperidine rings is 1. The molecule has 1 aromatic carbocycles. The summed E-state index contributed by atoms with van der Waals surface area (Å²) in [7, 11) is 0. The zero-order chi connectivity index (χ0) is 13.1. The predicted octanol–water partition coefficient (Wildman–Crippen LogP) is 3.23. The van der Waals surface area contributed by atoms with E-state index in [1.165, 1.54) is 19.3 Å². The molecule has 3 rings (SSSR count). The van der Waals surface area contributed by atoms with Crippen LogP contribution >= 0.6 is 12.4 Å². The lowest BCUT2D eigenvalue weighted by molar-refractivity contribution is -0.182. The van der Waals surface area contributed by atoms with Gasteiger partial charge in [0.2, 0.25) is 0 Å². The van der Waals surface area contributed by atoms with Crippen LogP contribution in [0, 0.1) is 0 Å². The van der Waals surface area contributed by atoms with E-state index >= 15 is 0 Å². The van der Waals surface area contributed by atoms with Crippen molar-refractivity contribution >= 4 is 12.4 Å². The molecule has 2 heterocycles. The van der Waals surface area contributed by atoms with Crippen LogP contribution in [0.5, 0.6) is 0 Å². The smallest absolute Gasteiger partial charge is 0.195 e. The summed E-state index contributed by atoms with van der Waals surface area (Å²) < 4.78 is 12.4. The Morgan fingerprint density at radius 2 is 2.05 bits per heavy atom. The van der Waals surface area contributed by atoms with Gasteiger partial charge in [0.15, 0.2) is 5.79 Å². The van der Waals surface area contributed by atoms with E-state index in [1.807, 2.05) is 18.2 Å². The van der Waals surface area contributed by atoms with Gasteiger partial charge in [0, 0.05) is 18.0 Å². The SMILES string of the molecule is CC[C@]1(c2ccccc2)OC[C@H]([C@@H]2CCCCN2)O1.Cl. The lowest BCUT2D eigenvalue weighted by atomic mass is 10.00. The molecular formula is C16H24ClNO2. The van der Waals surface area contributed by atoms with E-state index in [9.17, 15) is 0 Å². The molecule has 4 heteroatoms.